The second-order valence-corrected chi connectivity index (χ2v) is 6.52. The van der Waals surface area contributed by atoms with Crippen LogP contribution in [0.3, 0.4) is 0 Å². The minimum absolute atomic E-state index is 0.614. The van der Waals surface area contributed by atoms with Crippen LogP contribution in [0.15, 0.2) is 24.5 Å². The van der Waals surface area contributed by atoms with Gasteiger partial charge >= 0.3 is 0 Å². The summed E-state index contributed by atoms with van der Waals surface area (Å²) in [5.41, 5.74) is 8.82. The van der Waals surface area contributed by atoms with E-state index in [1.807, 2.05) is 18.5 Å². The number of fused-ring (bicyclic) bond motifs is 1. The molecule has 2 aromatic rings. The van der Waals surface area contributed by atoms with Crippen molar-refractivity contribution in [2.75, 3.05) is 11.5 Å². The lowest BCUT2D eigenvalue weighted by Gasteiger charge is -2.13. The second-order valence-electron chi connectivity index (χ2n) is 4.94. The normalized spacial score (nSPS) is 23.8. The van der Waals surface area contributed by atoms with Crippen molar-refractivity contribution >= 4 is 28.5 Å². The Balaban J connectivity index is 1.87. The van der Waals surface area contributed by atoms with Gasteiger partial charge in [-0.15, -0.1) is 0 Å². The molecule has 0 aliphatic heterocycles. The number of nitrogens with two attached hydrogens (primary N) is 1. The van der Waals surface area contributed by atoms with E-state index in [1.165, 1.54) is 30.5 Å². The molecule has 3 nitrogen and oxygen atoms in total. The summed E-state index contributed by atoms with van der Waals surface area (Å²) in [7, 11) is 0. The van der Waals surface area contributed by atoms with E-state index in [2.05, 4.69) is 34.3 Å². The van der Waals surface area contributed by atoms with Gasteiger partial charge in [-0.3, -0.25) is 0 Å². The van der Waals surface area contributed by atoms with E-state index in [4.69, 9.17) is 5.73 Å². The van der Waals surface area contributed by atoms with Crippen molar-refractivity contribution in [1.29, 1.82) is 0 Å². The molecule has 1 aliphatic carbocycles. The van der Waals surface area contributed by atoms with E-state index in [0.29, 0.717) is 6.04 Å². The molecular formula is C14H19N3S. The monoisotopic (exact) mass is 261 g/mol. The van der Waals surface area contributed by atoms with E-state index < -0.39 is 0 Å². The Morgan fingerprint density at radius 1 is 1.44 bits per heavy atom. The number of rotatable bonds is 3. The fraction of sp³-hybridized carbons (Fsp3) is 0.500. The Hall–Kier alpha value is -1.16. The lowest BCUT2D eigenvalue weighted by Crippen LogP contribution is -2.05. The van der Waals surface area contributed by atoms with Crippen LogP contribution in [-0.4, -0.2) is 20.6 Å². The second kappa shape index (κ2) is 4.84. The number of thioether (sulfide) groups is 1. The Bertz CT molecular complexity index is 549. The summed E-state index contributed by atoms with van der Waals surface area (Å²) in [5, 5.41) is 0.825. The molecule has 2 atom stereocenters. The lowest BCUT2D eigenvalue weighted by atomic mass is 10.2. The van der Waals surface area contributed by atoms with E-state index >= 15 is 0 Å². The first kappa shape index (κ1) is 11.9. The molecule has 4 heteroatoms. The van der Waals surface area contributed by atoms with Crippen LogP contribution in [0, 0.1) is 0 Å². The zero-order chi connectivity index (χ0) is 12.5. The van der Waals surface area contributed by atoms with Gasteiger partial charge in [0, 0.05) is 17.0 Å². The van der Waals surface area contributed by atoms with E-state index in [-0.39, 0.29) is 0 Å². The smallest absolute Gasteiger partial charge is 0.0960 e. The molecule has 0 amide bonds. The SMILES string of the molecule is CCSC1CCC(n2cnc3cc(N)ccc32)C1. The van der Waals surface area contributed by atoms with Gasteiger partial charge in [0.15, 0.2) is 0 Å². The van der Waals surface area contributed by atoms with Crippen molar-refractivity contribution < 1.29 is 0 Å². The summed E-state index contributed by atoms with van der Waals surface area (Å²) >= 11 is 2.09. The minimum Gasteiger partial charge on any atom is -0.399 e. The van der Waals surface area contributed by atoms with Gasteiger partial charge in [0.2, 0.25) is 0 Å². The lowest BCUT2D eigenvalue weighted by molar-refractivity contribution is 0.533. The van der Waals surface area contributed by atoms with Crippen molar-refractivity contribution in [3.05, 3.63) is 24.5 Å². The van der Waals surface area contributed by atoms with Crippen LogP contribution < -0.4 is 5.73 Å². The predicted molar refractivity (Wildman–Crippen MR) is 79.0 cm³/mol. The van der Waals surface area contributed by atoms with Crippen LogP contribution in [0.25, 0.3) is 11.0 Å². The molecule has 18 heavy (non-hydrogen) atoms. The number of anilines is 1. The first-order valence-corrected chi connectivity index (χ1v) is 7.66. The van der Waals surface area contributed by atoms with E-state index in [1.54, 1.807) is 0 Å². The third-order valence-electron chi connectivity index (χ3n) is 3.75. The average molecular weight is 261 g/mol. The molecule has 1 aromatic heterocycles. The Morgan fingerprint density at radius 2 is 2.33 bits per heavy atom. The molecule has 0 radical (unpaired) electrons. The highest BCUT2D eigenvalue weighted by Gasteiger charge is 2.26. The summed E-state index contributed by atoms with van der Waals surface area (Å²) in [6, 6.07) is 6.63. The number of hydrogen-bond acceptors (Lipinski definition) is 3. The number of imidazole rings is 1. The van der Waals surface area contributed by atoms with Gasteiger partial charge in [-0.25, -0.2) is 4.98 Å². The van der Waals surface area contributed by atoms with Crippen molar-refractivity contribution in [3.63, 3.8) is 0 Å². The number of benzene rings is 1. The predicted octanol–water partition coefficient (Wildman–Crippen LogP) is 3.47. The van der Waals surface area contributed by atoms with Crippen LogP contribution in [0.1, 0.15) is 32.2 Å². The number of hydrogen-bond donors (Lipinski definition) is 1. The van der Waals surface area contributed by atoms with Gasteiger partial charge in [-0.05, 0) is 43.2 Å². The maximum Gasteiger partial charge on any atom is 0.0960 e. The number of aromatic nitrogens is 2. The first-order valence-electron chi connectivity index (χ1n) is 6.61. The number of nitrogens with zero attached hydrogens (tertiary/aromatic N) is 2. The molecule has 0 saturated heterocycles. The van der Waals surface area contributed by atoms with Gasteiger partial charge in [0.05, 0.1) is 17.4 Å². The van der Waals surface area contributed by atoms with Crippen LogP contribution in [-0.2, 0) is 0 Å². The fourth-order valence-electron chi connectivity index (χ4n) is 2.90. The quantitative estimate of drug-likeness (QED) is 0.860. The zero-order valence-electron chi connectivity index (χ0n) is 10.7. The largest absolute Gasteiger partial charge is 0.399 e. The van der Waals surface area contributed by atoms with Crippen molar-refractivity contribution in [3.8, 4) is 0 Å². The minimum atomic E-state index is 0.614. The summed E-state index contributed by atoms with van der Waals surface area (Å²) in [6.07, 6.45) is 5.85. The third kappa shape index (κ3) is 2.09. The Kier molecular flexibility index (Phi) is 3.20. The van der Waals surface area contributed by atoms with Gasteiger partial charge in [0.1, 0.15) is 0 Å². The molecule has 3 rings (SSSR count). The van der Waals surface area contributed by atoms with Crippen LogP contribution in [0.2, 0.25) is 0 Å². The standard InChI is InChI=1S/C14H19N3S/c1-2-18-12-5-4-11(8-12)17-9-16-13-7-10(15)3-6-14(13)17/h3,6-7,9,11-12H,2,4-5,8,15H2,1H3. The highest BCUT2D eigenvalue weighted by atomic mass is 32.2. The molecule has 2 unspecified atom stereocenters. The highest BCUT2D eigenvalue weighted by Crippen LogP contribution is 2.38. The summed E-state index contributed by atoms with van der Waals surface area (Å²) in [6.45, 7) is 2.24. The zero-order valence-corrected chi connectivity index (χ0v) is 11.5. The summed E-state index contributed by atoms with van der Waals surface area (Å²) < 4.78 is 2.34. The van der Waals surface area contributed by atoms with Gasteiger partial charge in [0.25, 0.3) is 0 Å². The van der Waals surface area contributed by atoms with Crippen molar-refractivity contribution in [1.82, 2.24) is 9.55 Å². The van der Waals surface area contributed by atoms with Crippen LogP contribution in [0.4, 0.5) is 5.69 Å². The van der Waals surface area contributed by atoms with Gasteiger partial charge in [-0.2, -0.15) is 11.8 Å². The van der Waals surface area contributed by atoms with Crippen LogP contribution in [0.5, 0.6) is 0 Å². The maximum atomic E-state index is 5.80. The molecule has 0 bridgehead atoms. The number of nitrogen functional groups attached to an aromatic ring is 1. The van der Waals surface area contributed by atoms with Crippen molar-refractivity contribution in [2.24, 2.45) is 0 Å². The Labute approximate surface area is 112 Å². The molecule has 1 aromatic carbocycles. The topological polar surface area (TPSA) is 43.8 Å². The molecular weight excluding hydrogens is 242 g/mol. The highest BCUT2D eigenvalue weighted by molar-refractivity contribution is 7.99. The average Bonchev–Trinajstić information content (AvgIpc) is 2.95. The first-order chi connectivity index (χ1) is 8.78. The molecule has 0 spiro atoms. The maximum absolute atomic E-state index is 5.80. The molecule has 1 fully saturated rings. The van der Waals surface area contributed by atoms with Crippen LogP contribution >= 0.6 is 11.8 Å². The fourth-order valence-corrected chi connectivity index (χ4v) is 4.03. The molecule has 96 valence electrons. The van der Waals surface area contributed by atoms with Gasteiger partial charge in [-0.1, -0.05) is 6.92 Å². The molecule has 2 N–H and O–H groups in total. The van der Waals surface area contributed by atoms with Crippen molar-refractivity contribution in [2.45, 2.75) is 37.5 Å². The molecule has 1 heterocycles. The summed E-state index contributed by atoms with van der Waals surface area (Å²) in [5.74, 6) is 1.22. The Morgan fingerprint density at radius 3 is 3.17 bits per heavy atom. The van der Waals surface area contributed by atoms with E-state index in [9.17, 15) is 0 Å². The van der Waals surface area contributed by atoms with E-state index in [0.717, 1.165) is 16.5 Å². The summed E-state index contributed by atoms with van der Waals surface area (Å²) in [4.78, 5) is 4.47. The molecule has 1 saturated carbocycles. The van der Waals surface area contributed by atoms with Gasteiger partial charge < -0.3 is 10.3 Å². The third-order valence-corrected chi connectivity index (χ3v) is 4.98. The molecule has 1 aliphatic rings.